The number of aromatic nitrogens is 1. The molecule has 0 unspecified atom stereocenters. The number of rotatable bonds is 7. The number of nitrogens with zero attached hydrogens (tertiary/aromatic N) is 1. The maximum atomic E-state index is 3.47. The van der Waals surface area contributed by atoms with Gasteiger partial charge in [0.15, 0.2) is 0 Å². The van der Waals surface area contributed by atoms with E-state index in [-0.39, 0.29) is 0 Å². The van der Waals surface area contributed by atoms with E-state index in [0.717, 1.165) is 19.6 Å². The second kappa shape index (κ2) is 6.66. The third-order valence-electron chi connectivity index (χ3n) is 2.40. The Balaban J connectivity index is 2.30. The molecule has 2 nitrogen and oxygen atoms in total. The predicted octanol–water partition coefficient (Wildman–Crippen LogP) is 2.79. The van der Waals surface area contributed by atoms with Crippen LogP contribution in [0.5, 0.6) is 0 Å². The van der Waals surface area contributed by atoms with Crippen molar-refractivity contribution in [3.8, 4) is 0 Å². The van der Waals surface area contributed by atoms with E-state index >= 15 is 0 Å². The molecule has 1 N–H and O–H groups in total. The van der Waals surface area contributed by atoms with E-state index in [1.807, 2.05) is 0 Å². The Morgan fingerprint density at radius 2 is 2.14 bits per heavy atom. The minimum Gasteiger partial charge on any atom is -0.350 e. The van der Waals surface area contributed by atoms with Gasteiger partial charge in [-0.3, -0.25) is 0 Å². The van der Waals surface area contributed by atoms with Crippen molar-refractivity contribution in [2.75, 3.05) is 6.54 Å². The van der Waals surface area contributed by atoms with Gasteiger partial charge in [-0.15, -0.1) is 0 Å². The largest absolute Gasteiger partial charge is 0.350 e. The summed E-state index contributed by atoms with van der Waals surface area (Å²) in [4.78, 5) is 0. The van der Waals surface area contributed by atoms with Crippen LogP contribution < -0.4 is 5.32 Å². The van der Waals surface area contributed by atoms with Gasteiger partial charge in [0.05, 0.1) is 0 Å². The highest BCUT2D eigenvalue weighted by molar-refractivity contribution is 5.06. The Kier molecular flexibility index (Phi) is 5.38. The first-order chi connectivity index (χ1) is 6.88. The summed E-state index contributed by atoms with van der Waals surface area (Å²) in [5.41, 5.74) is 1.41. The molecule has 1 aromatic heterocycles. The van der Waals surface area contributed by atoms with E-state index < -0.39 is 0 Å². The summed E-state index contributed by atoms with van der Waals surface area (Å²) < 4.78 is 2.33. The maximum Gasteiger partial charge on any atom is 0.0359 e. The average molecular weight is 194 g/mol. The van der Waals surface area contributed by atoms with Gasteiger partial charge in [0.25, 0.3) is 0 Å². The van der Waals surface area contributed by atoms with Crippen molar-refractivity contribution in [1.82, 2.24) is 9.88 Å². The highest BCUT2D eigenvalue weighted by atomic mass is 15.0. The van der Waals surface area contributed by atoms with Crippen molar-refractivity contribution in [1.29, 1.82) is 0 Å². The first kappa shape index (κ1) is 11.3. The van der Waals surface area contributed by atoms with Crippen molar-refractivity contribution in [3.63, 3.8) is 0 Å². The van der Waals surface area contributed by atoms with Crippen LogP contribution in [0.1, 0.15) is 38.8 Å². The zero-order chi connectivity index (χ0) is 10.2. The first-order valence-corrected chi connectivity index (χ1v) is 5.73. The minimum absolute atomic E-state index is 1.01. The van der Waals surface area contributed by atoms with Crippen LogP contribution in [0.25, 0.3) is 0 Å². The Bertz CT molecular complexity index is 240. The summed E-state index contributed by atoms with van der Waals surface area (Å²) in [5.74, 6) is 0. The lowest BCUT2D eigenvalue weighted by atomic mass is 10.3. The Morgan fingerprint density at radius 3 is 2.86 bits per heavy atom. The molecule has 1 rings (SSSR count). The first-order valence-electron chi connectivity index (χ1n) is 5.73. The predicted molar refractivity (Wildman–Crippen MR) is 61.3 cm³/mol. The molecule has 2 heteroatoms. The molecule has 0 atom stereocenters. The molecule has 14 heavy (non-hydrogen) atoms. The average Bonchev–Trinajstić information content (AvgIpc) is 2.61. The molecule has 0 amide bonds. The lowest BCUT2D eigenvalue weighted by Crippen LogP contribution is -2.17. The smallest absolute Gasteiger partial charge is 0.0359 e. The summed E-state index contributed by atoms with van der Waals surface area (Å²) in [6, 6.07) is 4.33. The summed E-state index contributed by atoms with van der Waals surface area (Å²) in [6.07, 6.45) is 5.91. The number of nitrogens with one attached hydrogen (secondary N) is 1. The van der Waals surface area contributed by atoms with Gasteiger partial charge >= 0.3 is 0 Å². The van der Waals surface area contributed by atoms with E-state index in [4.69, 9.17) is 0 Å². The van der Waals surface area contributed by atoms with E-state index in [1.165, 1.54) is 25.0 Å². The van der Waals surface area contributed by atoms with Crippen LogP contribution in [-0.2, 0) is 13.1 Å². The van der Waals surface area contributed by atoms with Gasteiger partial charge in [-0.05, 0) is 31.5 Å². The topological polar surface area (TPSA) is 17.0 Å². The fourth-order valence-electron chi connectivity index (χ4n) is 1.59. The number of hydrogen-bond acceptors (Lipinski definition) is 1. The summed E-state index contributed by atoms with van der Waals surface area (Å²) in [6.45, 7) is 7.72. The van der Waals surface area contributed by atoms with E-state index in [1.54, 1.807) is 0 Å². The third kappa shape index (κ3) is 3.54. The van der Waals surface area contributed by atoms with Crippen LogP contribution in [0.15, 0.2) is 18.3 Å². The van der Waals surface area contributed by atoms with Gasteiger partial charge < -0.3 is 9.88 Å². The van der Waals surface area contributed by atoms with Crippen LogP contribution in [-0.4, -0.2) is 11.1 Å². The second-order valence-electron chi connectivity index (χ2n) is 3.72. The zero-order valence-electron chi connectivity index (χ0n) is 9.42. The SMILES string of the molecule is CCCCNCc1cccn1CCC. The van der Waals surface area contributed by atoms with Gasteiger partial charge in [-0.25, -0.2) is 0 Å². The Hall–Kier alpha value is -0.760. The van der Waals surface area contributed by atoms with Crippen molar-refractivity contribution in [3.05, 3.63) is 24.0 Å². The van der Waals surface area contributed by atoms with Gasteiger partial charge in [0, 0.05) is 25.0 Å². The van der Waals surface area contributed by atoms with Crippen LogP contribution >= 0.6 is 0 Å². The van der Waals surface area contributed by atoms with Crippen LogP contribution in [0.2, 0.25) is 0 Å². The van der Waals surface area contributed by atoms with Crippen LogP contribution in [0, 0.1) is 0 Å². The van der Waals surface area contributed by atoms with E-state index in [9.17, 15) is 0 Å². The van der Waals surface area contributed by atoms with Gasteiger partial charge in [0.1, 0.15) is 0 Å². The van der Waals surface area contributed by atoms with Crippen molar-refractivity contribution >= 4 is 0 Å². The molecule has 0 aliphatic carbocycles. The van der Waals surface area contributed by atoms with Crippen LogP contribution in [0.3, 0.4) is 0 Å². The molecule has 0 fully saturated rings. The number of hydrogen-bond donors (Lipinski definition) is 1. The summed E-state index contributed by atoms with van der Waals surface area (Å²) >= 11 is 0. The summed E-state index contributed by atoms with van der Waals surface area (Å²) in [7, 11) is 0. The molecule has 0 aromatic carbocycles. The normalized spacial score (nSPS) is 10.7. The van der Waals surface area contributed by atoms with Gasteiger partial charge in [0.2, 0.25) is 0 Å². The molecule has 0 aliphatic heterocycles. The monoisotopic (exact) mass is 194 g/mol. The minimum atomic E-state index is 1.01. The molecule has 0 saturated heterocycles. The number of unbranched alkanes of at least 4 members (excludes halogenated alkanes) is 1. The quantitative estimate of drug-likeness (QED) is 0.660. The van der Waals surface area contributed by atoms with Gasteiger partial charge in [-0.1, -0.05) is 20.3 Å². The third-order valence-corrected chi connectivity index (χ3v) is 2.40. The molecule has 1 heterocycles. The number of aryl methyl sites for hydroxylation is 1. The second-order valence-corrected chi connectivity index (χ2v) is 3.72. The molecule has 0 radical (unpaired) electrons. The molecule has 0 aliphatic rings. The lowest BCUT2D eigenvalue weighted by molar-refractivity contribution is 0.587. The van der Waals surface area contributed by atoms with E-state index in [0.29, 0.717) is 0 Å². The highest BCUT2D eigenvalue weighted by Crippen LogP contribution is 2.03. The molecular formula is C12H22N2. The van der Waals surface area contributed by atoms with Crippen molar-refractivity contribution in [2.24, 2.45) is 0 Å². The fraction of sp³-hybridized carbons (Fsp3) is 0.667. The van der Waals surface area contributed by atoms with Crippen molar-refractivity contribution in [2.45, 2.75) is 46.2 Å². The van der Waals surface area contributed by atoms with Crippen molar-refractivity contribution < 1.29 is 0 Å². The summed E-state index contributed by atoms with van der Waals surface area (Å²) in [5, 5.41) is 3.47. The molecule has 1 aromatic rings. The molecule has 80 valence electrons. The molecule has 0 spiro atoms. The maximum absolute atomic E-state index is 3.47. The Labute approximate surface area is 87.3 Å². The molecular weight excluding hydrogens is 172 g/mol. The molecule has 0 saturated carbocycles. The van der Waals surface area contributed by atoms with Crippen LogP contribution in [0.4, 0.5) is 0 Å². The standard InChI is InChI=1S/C12H22N2/c1-3-5-8-13-11-12-7-6-10-14(12)9-4-2/h6-7,10,13H,3-5,8-9,11H2,1-2H3. The Morgan fingerprint density at radius 1 is 1.29 bits per heavy atom. The van der Waals surface area contributed by atoms with Gasteiger partial charge in [-0.2, -0.15) is 0 Å². The van der Waals surface area contributed by atoms with E-state index in [2.05, 4.69) is 42.1 Å². The zero-order valence-corrected chi connectivity index (χ0v) is 9.42. The fourth-order valence-corrected chi connectivity index (χ4v) is 1.59. The lowest BCUT2D eigenvalue weighted by Gasteiger charge is -2.08. The molecule has 0 bridgehead atoms. The highest BCUT2D eigenvalue weighted by Gasteiger charge is 1.98.